The molecule has 29 heavy (non-hydrogen) atoms. The second-order valence-electron chi connectivity index (χ2n) is 6.61. The summed E-state index contributed by atoms with van der Waals surface area (Å²) < 4.78 is 8.60. The van der Waals surface area contributed by atoms with E-state index in [1.165, 1.54) is 6.33 Å². The third-order valence-electron chi connectivity index (χ3n) is 4.78. The highest BCUT2D eigenvalue weighted by Gasteiger charge is 2.21. The zero-order valence-electron chi connectivity index (χ0n) is 15.4. The number of nitrogens with one attached hydrogen (secondary N) is 1. The second kappa shape index (κ2) is 6.86. The van der Waals surface area contributed by atoms with E-state index in [-0.39, 0.29) is 5.56 Å². The molecular weight excluding hydrogens is 432 g/mol. The van der Waals surface area contributed by atoms with Gasteiger partial charge in [-0.25, -0.2) is 9.67 Å². The Morgan fingerprint density at radius 2 is 1.83 bits per heavy atom. The summed E-state index contributed by atoms with van der Waals surface area (Å²) in [4.78, 5) is 19.2. The van der Waals surface area contributed by atoms with E-state index in [2.05, 4.69) is 25.9 Å². The summed E-state index contributed by atoms with van der Waals surface area (Å²) in [7, 11) is 0. The average Bonchev–Trinajstić information content (AvgIpc) is 3.30. The molecule has 6 nitrogen and oxygen atoms in total. The minimum Gasteiger partial charge on any atom is -0.442 e. The highest BCUT2D eigenvalue weighted by atomic mass is 79.9. The van der Waals surface area contributed by atoms with Gasteiger partial charge in [-0.15, -0.1) is 0 Å². The Labute approximate surface area is 174 Å². The Morgan fingerprint density at radius 1 is 1.07 bits per heavy atom. The van der Waals surface area contributed by atoms with E-state index in [4.69, 9.17) is 9.52 Å². The maximum atomic E-state index is 12.5. The lowest BCUT2D eigenvalue weighted by atomic mass is 10.1. The normalized spacial score (nSPS) is 11.2. The van der Waals surface area contributed by atoms with Crippen molar-refractivity contribution >= 4 is 27.0 Å². The Balaban J connectivity index is 1.79. The van der Waals surface area contributed by atoms with E-state index in [1.54, 1.807) is 0 Å². The standard InChI is InChI=1S/C22H15BrN4O2/c1-13-19(20-21(28)24-12-25-22(20)29-13)17-11-18(14-7-9-15(23)10-8-14)27(26-17)16-5-3-2-4-6-16/h2-12H,1H3,(H,24,25,28). The van der Waals surface area contributed by atoms with Crippen LogP contribution in [0.15, 0.2) is 80.7 Å². The number of nitrogens with zero attached hydrogens (tertiary/aromatic N) is 3. The number of furan rings is 1. The first-order valence-electron chi connectivity index (χ1n) is 9.00. The first-order chi connectivity index (χ1) is 14.1. The number of H-pyrrole nitrogens is 1. The van der Waals surface area contributed by atoms with Crippen molar-refractivity contribution in [3.05, 3.63) is 87.6 Å². The number of aromatic amines is 1. The number of aryl methyl sites for hydroxylation is 1. The average molecular weight is 447 g/mol. The van der Waals surface area contributed by atoms with Crippen molar-refractivity contribution in [3.63, 3.8) is 0 Å². The predicted octanol–water partition coefficient (Wildman–Crippen LogP) is 5.11. The molecule has 0 fully saturated rings. The summed E-state index contributed by atoms with van der Waals surface area (Å²) in [6.07, 6.45) is 1.34. The third kappa shape index (κ3) is 3.00. The lowest BCUT2D eigenvalue weighted by Gasteiger charge is -2.07. The van der Waals surface area contributed by atoms with Crippen LogP contribution >= 0.6 is 15.9 Å². The summed E-state index contributed by atoms with van der Waals surface area (Å²) in [5, 5.41) is 5.25. The van der Waals surface area contributed by atoms with Gasteiger partial charge in [0.15, 0.2) is 0 Å². The molecule has 3 heterocycles. The molecule has 3 aromatic heterocycles. The van der Waals surface area contributed by atoms with Gasteiger partial charge in [0.2, 0.25) is 5.71 Å². The number of halogens is 1. The zero-order chi connectivity index (χ0) is 20.0. The number of para-hydroxylation sites is 1. The first kappa shape index (κ1) is 17.6. The van der Waals surface area contributed by atoms with Gasteiger partial charge < -0.3 is 9.40 Å². The van der Waals surface area contributed by atoms with Crippen LogP contribution in [0, 0.1) is 6.92 Å². The topological polar surface area (TPSA) is 76.7 Å². The molecule has 0 saturated carbocycles. The summed E-state index contributed by atoms with van der Waals surface area (Å²) in [5.74, 6) is 0.601. The number of hydrogen-bond donors (Lipinski definition) is 1. The van der Waals surface area contributed by atoms with Gasteiger partial charge in [0.25, 0.3) is 5.56 Å². The largest absolute Gasteiger partial charge is 0.442 e. The molecule has 5 aromatic rings. The van der Waals surface area contributed by atoms with Crippen molar-refractivity contribution in [2.75, 3.05) is 0 Å². The van der Waals surface area contributed by atoms with E-state index in [0.717, 1.165) is 21.4 Å². The van der Waals surface area contributed by atoms with E-state index >= 15 is 0 Å². The van der Waals surface area contributed by atoms with Crippen LogP contribution in [0.2, 0.25) is 0 Å². The number of aromatic nitrogens is 4. The Bertz CT molecular complexity index is 1380. The molecule has 5 rings (SSSR count). The Hall–Kier alpha value is -3.45. The highest BCUT2D eigenvalue weighted by Crippen LogP contribution is 2.34. The van der Waals surface area contributed by atoms with Gasteiger partial charge in [-0.05, 0) is 37.3 Å². The van der Waals surface area contributed by atoms with Gasteiger partial charge in [0.1, 0.15) is 11.1 Å². The van der Waals surface area contributed by atoms with Crippen molar-refractivity contribution in [3.8, 4) is 28.2 Å². The van der Waals surface area contributed by atoms with Crippen molar-refractivity contribution in [2.45, 2.75) is 6.92 Å². The quantitative estimate of drug-likeness (QED) is 0.417. The molecule has 0 aliphatic rings. The van der Waals surface area contributed by atoms with E-state index < -0.39 is 0 Å². The molecule has 0 aliphatic carbocycles. The minimum atomic E-state index is -0.249. The number of fused-ring (bicyclic) bond motifs is 1. The lowest BCUT2D eigenvalue weighted by Crippen LogP contribution is -2.05. The molecule has 7 heteroatoms. The van der Waals surface area contributed by atoms with E-state index in [1.807, 2.05) is 72.3 Å². The molecule has 142 valence electrons. The van der Waals surface area contributed by atoms with Crippen molar-refractivity contribution in [1.29, 1.82) is 0 Å². The van der Waals surface area contributed by atoms with Crippen molar-refractivity contribution in [1.82, 2.24) is 19.7 Å². The first-order valence-corrected chi connectivity index (χ1v) is 9.80. The van der Waals surface area contributed by atoms with Crippen LogP contribution in [-0.2, 0) is 0 Å². The SMILES string of the molecule is Cc1oc2nc[nH]c(=O)c2c1-c1cc(-c2ccc(Br)cc2)n(-c2ccccc2)n1. The molecule has 0 spiro atoms. The highest BCUT2D eigenvalue weighted by molar-refractivity contribution is 9.10. The lowest BCUT2D eigenvalue weighted by molar-refractivity contribution is 0.568. The van der Waals surface area contributed by atoms with Crippen LogP contribution < -0.4 is 5.56 Å². The van der Waals surface area contributed by atoms with Crippen molar-refractivity contribution in [2.24, 2.45) is 0 Å². The van der Waals surface area contributed by atoms with Crippen LogP contribution in [-0.4, -0.2) is 19.7 Å². The van der Waals surface area contributed by atoms with E-state index in [9.17, 15) is 4.79 Å². The van der Waals surface area contributed by atoms with Gasteiger partial charge in [0.05, 0.1) is 29.0 Å². The van der Waals surface area contributed by atoms with Crippen LogP contribution in [0.3, 0.4) is 0 Å². The summed E-state index contributed by atoms with van der Waals surface area (Å²) in [6, 6.07) is 19.9. The molecular formula is C22H15BrN4O2. The fourth-order valence-corrected chi connectivity index (χ4v) is 3.72. The molecule has 1 N–H and O–H groups in total. The summed E-state index contributed by atoms with van der Waals surface area (Å²) in [6.45, 7) is 1.82. The van der Waals surface area contributed by atoms with Crippen LogP contribution in [0.1, 0.15) is 5.76 Å². The molecule has 0 saturated heterocycles. The van der Waals surface area contributed by atoms with Gasteiger partial charge in [-0.1, -0.05) is 46.3 Å². The molecule has 0 bridgehead atoms. The predicted molar refractivity (Wildman–Crippen MR) is 115 cm³/mol. The number of benzene rings is 2. The number of rotatable bonds is 3. The molecule has 0 unspecified atom stereocenters. The van der Waals surface area contributed by atoms with Gasteiger partial charge in [-0.3, -0.25) is 4.79 Å². The summed E-state index contributed by atoms with van der Waals surface area (Å²) in [5.41, 5.74) is 4.21. The third-order valence-corrected chi connectivity index (χ3v) is 5.31. The number of hydrogen-bond acceptors (Lipinski definition) is 4. The van der Waals surface area contributed by atoms with Crippen molar-refractivity contribution < 1.29 is 4.42 Å². The molecule has 2 aromatic carbocycles. The maximum Gasteiger partial charge on any atom is 0.262 e. The van der Waals surface area contributed by atoms with Crippen LogP contribution in [0.5, 0.6) is 0 Å². The van der Waals surface area contributed by atoms with Crippen LogP contribution in [0.4, 0.5) is 0 Å². The molecule has 0 amide bonds. The molecule has 0 radical (unpaired) electrons. The monoisotopic (exact) mass is 446 g/mol. The van der Waals surface area contributed by atoms with Gasteiger partial charge >= 0.3 is 0 Å². The minimum absolute atomic E-state index is 0.249. The Morgan fingerprint density at radius 3 is 2.59 bits per heavy atom. The molecule has 0 aliphatic heterocycles. The summed E-state index contributed by atoms with van der Waals surface area (Å²) >= 11 is 3.48. The van der Waals surface area contributed by atoms with Gasteiger partial charge in [0, 0.05) is 10.0 Å². The van der Waals surface area contributed by atoms with E-state index in [0.29, 0.717) is 28.1 Å². The Kier molecular flexibility index (Phi) is 4.17. The zero-order valence-corrected chi connectivity index (χ0v) is 17.0. The smallest absolute Gasteiger partial charge is 0.262 e. The molecule has 0 atom stereocenters. The maximum absolute atomic E-state index is 12.5. The fraction of sp³-hybridized carbons (Fsp3) is 0.0455. The van der Waals surface area contributed by atoms with Crippen LogP contribution in [0.25, 0.3) is 39.3 Å². The fourth-order valence-electron chi connectivity index (χ4n) is 3.46. The second-order valence-corrected chi connectivity index (χ2v) is 7.53. The van der Waals surface area contributed by atoms with Gasteiger partial charge in [-0.2, -0.15) is 5.10 Å².